The number of carbonyl (C=O) groups excluding carboxylic acids is 1. The second-order valence-corrected chi connectivity index (χ2v) is 3.23. The van der Waals surface area contributed by atoms with Crippen LogP contribution in [0, 0.1) is 11.3 Å². The average molecular weight is 219 g/mol. The minimum absolute atomic E-state index is 0.0934. The standard InChI is InChI=1S/C11H13N3O2/c1-14(6-7-15)11(16)13-10-5-3-2-4-9(10)8-12/h2-5,15H,6-7H2,1H3,(H,13,16). The van der Waals surface area contributed by atoms with Gasteiger partial charge >= 0.3 is 6.03 Å². The molecule has 0 atom stereocenters. The highest BCUT2D eigenvalue weighted by Gasteiger charge is 2.09. The van der Waals surface area contributed by atoms with Crippen LogP contribution < -0.4 is 5.32 Å². The zero-order chi connectivity index (χ0) is 12.0. The molecule has 0 radical (unpaired) electrons. The first kappa shape index (κ1) is 12.0. The van der Waals surface area contributed by atoms with Crippen molar-refractivity contribution in [2.75, 3.05) is 25.5 Å². The first-order valence-electron chi connectivity index (χ1n) is 4.81. The molecule has 1 rings (SSSR count). The van der Waals surface area contributed by atoms with E-state index in [1.165, 1.54) is 4.90 Å². The fourth-order valence-electron chi connectivity index (χ4n) is 1.15. The number of hydrogen-bond acceptors (Lipinski definition) is 3. The molecule has 2 amide bonds. The van der Waals surface area contributed by atoms with Crippen molar-refractivity contribution < 1.29 is 9.90 Å². The van der Waals surface area contributed by atoms with E-state index in [0.717, 1.165) is 0 Å². The van der Waals surface area contributed by atoms with Crippen molar-refractivity contribution in [2.24, 2.45) is 0 Å². The quantitative estimate of drug-likeness (QED) is 0.796. The Morgan fingerprint density at radius 2 is 2.25 bits per heavy atom. The number of rotatable bonds is 3. The van der Waals surface area contributed by atoms with Gasteiger partial charge in [-0.15, -0.1) is 0 Å². The second-order valence-electron chi connectivity index (χ2n) is 3.23. The van der Waals surface area contributed by atoms with Gasteiger partial charge in [0.25, 0.3) is 0 Å². The topological polar surface area (TPSA) is 76.4 Å². The van der Waals surface area contributed by atoms with E-state index in [-0.39, 0.29) is 19.2 Å². The Bertz CT molecular complexity index is 412. The maximum atomic E-state index is 11.6. The number of carbonyl (C=O) groups is 1. The van der Waals surface area contributed by atoms with Gasteiger partial charge in [-0.1, -0.05) is 12.1 Å². The van der Waals surface area contributed by atoms with Crippen LogP contribution in [0.25, 0.3) is 0 Å². The van der Waals surface area contributed by atoms with Crippen molar-refractivity contribution >= 4 is 11.7 Å². The summed E-state index contributed by atoms with van der Waals surface area (Å²) >= 11 is 0. The number of nitrogens with one attached hydrogen (secondary N) is 1. The maximum absolute atomic E-state index is 11.6. The summed E-state index contributed by atoms with van der Waals surface area (Å²) in [5.41, 5.74) is 0.882. The molecule has 0 bridgehead atoms. The molecule has 0 aromatic heterocycles. The van der Waals surface area contributed by atoms with E-state index in [4.69, 9.17) is 10.4 Å². The van der Waals surface area contributed by atoms with Crippen LogP contribution in [0.2, 0.25) is 0 Å². The van der Waals surface area contributed by atoms with Gasteiger partial charge in [-0.25, -0.2) is 4.79 Å². The van der Waals surface area contributed by atoms with Crippen LogP contribution in [0.1, 0.15) is 5.56 Å². The van der Waals surface area contributed by atoms with Gasteiger partial charge in [-0.2, -0.15) is 5.26 Å². The normalized spacial score (nSPS) is 9.31. The Labute approximate surface area is 93.9 Å². The molecule has 1 aromatic carbocycles. The van der Waals surface area contributed by atoms with Crippen molar-refractivity contribution in [2.45, 2.75) is 0 Å². The summed E-state index contributed by atoms with van der Waals surface area (Å²) in [6, 6.07) is 8.39. The first-order valence-corrected chi connectivity index (χ1v) is 4.81. The molecule has 84 valence electrons. The lowest BCUT2D eigenvalue weighted by Gasteiger charge is -2.16. The maximum Gasteiger partial charge on any atom is 0.321 e. The lowest BCUT2D eigenvalue weighted by Crippen LogP contribution is -2.33. The minimum Gasteiger partial charge on any atom is -0.395 e. The van der Waals surface area contributed by atoms with Gasteiger partial charge in [0.15, 0.2) is 0 Å². The number of hydrogen-bond donors (Lipinski definition) is 2. The zero-order valence-corrected chi connectivity index (χ0v) is 8.97. The molecule has 0 heterocycles. The van der Waals surface area contributed by atoms with Crippen molar-refractivity contribution in [1.82, 2.24) is 4.90 Å². The monoisotopic (exact) mass is 219 g/mol. The molecule has 16 heavy (non-hydrogen) atoms. The molecule has 2 N–H and O–H groups in total. The van der Waals surface area contributed by atoms with Crippen LogP contribution >= 0.6 is 0 Å². The Morgan fingerprint density at radius 1 is 1.56 bits per heavy atom. The number of anilines is 1. The van der Waals surface area contributed by atoms with Crippen LogP contribution in [0.5, 0.6) is 0 Å². The molecular formula is C11H13N3O2. The third-order valence-corrected chi connectivity index (χ3v) is 2.07. The SMILES string of the molecule is CN(CCO)C(=O)Nc1ccccc1C#N. The third kappa shape index (κ3) is 2.97. The van der Waals surface area contributed by atoms with Crippen LogP contribution in [0.4, 0.5) is 10.5 Å². The summed E-state index contributed by atoms with van der Waals surface area (Å²) in [6.45, 7) is 0.157. The van der Waals surface area contributed by atoms with E-state index < -0.39 is 0 Å². The first-order chi connectivity index (χ1) is 7.69. The number of amides is 2. The molecule has 0 fully saturated rings. The van der Waals surface area contributed by atoms with Crippen LogP contribution in [0.15, 0.2) is 24.3 Å². The predicted octanol–water partition coefficient (Wildman–Crippen LogP) is 1.01. The molecule has 0 spiro atoms. The van der Waals surface area contributed by atoms with E-state index in [1.807, 2.05) is 6.07 Å². The number of aliphatic hydroxyl groups is 1. The smallest absolute Gasteiger partial charge is 0.321 e. The molecule has 5 heteroatoms. The fourth-order valence-corrected chi connectivity index (χ4v) is 1.15. The summed E-state index contributed by atoms with van der Waals surface area (Å²) in [6.07, 6.45) is 0. The van der Waals surface area contributed by atoms with E-state index in [2.05, 4.69) is 5.32 Å². The number of benzene rings is 1. The molecule has 1 aromatic rings. The van der Waals surface area contributed by atoms with Gasteiger partial charge in [0.1, 0.15) is 6.07 Å². The summed E-state index contributed by atoms with van der Waals surface area (Å²) in [5, 5.41) is 20.1. The minimum atomic E-state index is -0.350. The Kier molecular flexibility index (Phi) is 4.30. The number of urea groups is 1. The van der Waals surface area contributed by atoms with Gasteiger partial charge < -0.3 is 15.3 Å². The summed E-state index contributed by atoms with van der Waals surface area (Å²) in [4.78, 5) is 12.9. The Hall–Kier alpha value is -2.06. The van der Waals surface area contributed by atoms with Crippen molar-refractivity contribution in [1.29, 1.82) is 5.26 Å². The lowest BCUT2D eigenvalue weighted by atomic mass is 10.2. The predicted molar refractivity (Wildman–Crippen MR) is 59.9 cm³/mol. The van der Waals surface area contributed by atoms with Crippen molar-refractivity contribution in [3.63, 3.8) is 0 Å². The number of nitriles is 1. The van der Waals surface area contributed by atoms with Crippen LogP contribution in [-0.4, -0.2) is 36.2 Å². The highest BCUT2D eigenvalue weighted by Crippen LogP contribution is 2.13. The van der Waals surface area contributed by atoms with Gasteiger partial charge in [0, 0.05) is 13.6 Å². The van der Waals surface area contributed by atoms with Gasteiger partial charge in [0.05, 0.1) is 17.9 Å². The number of aliphatic hydroxyl groups excluding tert-OH is 1. The van der Waals surface area contributed by atoms with E-state index in [1.54, 1.807) is 31.3 Å². The van der Waals surface area contributed by atoms with Gasteiger partial charge in [-0.3, -0.25) is 0 Å². The highest BCUT2D eigenvalue weighted by molar-refractivity contribution is 5.90. The Balaban J connectivity index is 2.74. The third-order valence-electron chi connectivity index (χ3n) is 2.07. The largest absolute Gasteiger partial charge is 0.395 e. The molecule has 0 saturated carbocycles. The second kappa shape index (κ2) is 5.73. The average Bonchev–Trinajstić information content (AvgIpc) is 2.30. The van der Waals surface area contributed by atoms with E-state index in [9.17, 15) is 4.79 Å². The molecule has 0 aliphatic heterocycles. The fraction of sp³-hybridized carbons (Fsp3) is 0.273. The van der Waals surface area contributed by atoms with Gasteiger partial charge in [-0.05, 0) is 12.1 Å². The molecular weight excluding hydrogens is 206 g/mol. The highest BCUT2D eigenvalue weighted by atomic mass is 16.3. The number of nitrogens with zero attached hydrogens (tertiary/aromatic N) is 2. The van der Waals surface area contributed by atoms with Crippen LogP contribution in [-0.2, 0) is 0 Å². The zero-order valence-electron chi connectivity index (χ0n) is 8.97. The molecule has 0 aliphatic rings. The molecule has 0 saturated heterocycles. The van der Waals surface area contributed by atoms with Crippen LogP contribution in [0.3, 0.4) is 0 Å². The van der Waals surface area contributed by atoms with Crippen molar-refractivity contribution in [3.8, 4) is 6.07 Å². The van der Waals surface area contributed by atoms with E-state index >= 15 is 0 Å². The Morgan fingerprint density at radius 3 is 2.88 bits per heavy atom. The number of likely N-dealkylation sites (N-methyl/N-ethyl adjacent to an activating group) is 1. The summed E-state index contributed by atoms with van der Waals surface area (Å²) < 4.78 is 0. The van der Waals surface area contributed by atoms with Crippen molar-refractivity contribution in [3.05, 3.63) is 29.8 Å². The summed E-state index contributed by atoms with van der Waals surface area (Å²) in [5.74, 6) is 0. The molecule has 5 nitrogen and oxygen atoms in total. The lowest BCUT2D eigenvalue weighted by molar-refractivity contribution is 0.202. The van der Waals surface area contributed by atoms with E-state index in [0.29, 0.717) is 11.3 Å². The summed E-state index contributed by atoms with van der Waals surface area (Å²) in [7, 11) is 1.57. The van der Waals surface area contributed by atoms with Gasteiger partial charge in [0.2, 0.25) is 0 Å². The molecule has 0 unspecified atom stereocenters. The molecule has 0 aliphatic carbocycles. The number of para-hydroxylation sites is 1.